The van der Waals surface area contributed by atoms with Gasteiger partial charge in [-0.05, 0) is 29.7 Å². The van der Waals surface area contributed by atoms with Gasteiger partial charge in [0, 0.05) is 26.2 Å². The van der Waals surface area contributed by atoms with Crippen LogP contribution in [0.5, 0.6) is 5.75 Å². The zero-order chi connectivity index (χ0) is 17.5. The third-order valence-corrected chi connectivity index (χ3v) is 3.38. The lowest BCUT2D eigenvalue weighted by Crippen LogP contribution is -2.28. The largest absolute Gasteiger partial charge is 0.435 e. The molecule has 2 rings (SSSR count). The fourth-order valence-electron chi connectivity index (χ4n) is 2.15. The minimum atomic E-state index is -2.89. The van der Waals surface area contributed by atoms with Gasteiger partial charge in [0.15, 0.2) is 0 Å². The molecule has 130 valence electrons. The van der Waals surface area contributed by atoms with E-state index in [1.54, 1.807) is 17.9 Å². The lowest BCUT2D eigenvalue weighted by atomic mass is 10.1. The maximum atomic E-state index is 12.1. The summed E-state index contributed by atoms with van der Waals surface area (Å²) in [6.45, 7) is -2.85. The molecule has 0 aliphatic rings. The van der Waals surface area contributed by atoms with Gasteiger partial charge in [-0.15, -0.1) is 0 Å². The number of halogens is 2. The molecule has 0 bridgehead atoms. The number of nitrogens with zero attached hydrogens (tertiary/aromatic N) is 2. The van der Waals surface area contributed by atoms with E-state index in [4.69, 9.17) is 0 Å². The smallest absolute Gasteiger partial charge is 0.387 e. The molecule has 0 aliphatic heterocycles. The van der Waals surface area contributed by atoms with Crippen molar-refractivity contribution in [2.24, 2.45) is 7.05 Å². The summed E-state index contributed by atoms with van der Waals surface area (Å²) in [5.74, 6) is -0.169. The van der Waals surface area contributed by atoms with E-state index in [1.165, 1.54) is 24.3 Å². The summed E-state index contributed by atoms with van der Waals surface area (Å²) >= 11 is 0. The van der Waals surface area contributed by atoms with E-state index in [1.807, 2.05) is 6.20 Å². The van der Waals surface area contributed by atoms with Crippen molar-refractivity contribution in [3.8, 4) is 5.75 Å². The molecule has 6 nitrogen and oxygen atoms in total. The number of benzene rings is 1. The van der Waals surface area contributed by atoms with Gasteiger partial charge in [-0.2, -0.15) is 13.9 Å². The molecule has 8 heteroatoms. The molecule has 1 amide bonds. The molecule has 0 spiro atoms. The van der Waals surface area contributed by atoms with Crippen LogP contribution in [-0.2, 0) is 18.3 Å². The van der Waals surface area contributed by atoms with Crippen LogP contribution in [0, 0.1) is 0 Å². The van der Waals surface area contributed by atoms with E-state index in [0.29, 0.717) is 18.4 Å². The standard InChI is InChI=1S/C16H19F2N3O3/c1-21-10-11(8-20-21)2-7-15(23)19-9-14(22)12-3-5-13(6-4-12)24-16(17)18/h3-6,8,10,14,16,22H,2,7,9H2,1H3,(H,19,23)/t14-/m0/s1. The number of hydrogen-bond donors (Lipinski definition) is 2. The van der Waals surface area contributed by atoms with E-state index in [2.05, 4.69) is 15.2 Å². The quantitative estimate of drug-likeness (QED) is 0.769. The Bertz CT molecular complexity index is 659. The van der Waals surface area contributed by atoms with E-state index in [9.17, 15) is 18.7 Å². The number of aryl methyl sites for hydroxylation is 2. The Balaban J connectivity index is 1.75. The highest BCUT2D eigenvalue weighted by Crippen LogP contribution is 2.19. The number of carbonyl (C=O) groups excluding carboxylic acids is 1. The second-order valence-corrected chi connectivity index (χ2v) is 5.29. The number of ether oxygens (including phenoxy) is 1. The predicted molar refractivity (Wildman–Crippen MR) is 82.6 cm³/mol. The van der Waals surface area contributed by atoms with Crippen molar-refractivity contribution in [3.63, 3.8) is 0 Å². The van der Waals surface area contributed by atoms with Crippen LogP contribution in [0.2, 0.25) is 0 Å². The first kappa shape index (κ1) is 17.9. The number of hydrogen-bond acceptors (Lipinski definition) is 4. The van der Waals surface area contributed by atoms with E-state index >= 15 is 0 Å². The molecular weight excluding hydrogens is 320 g/mol. The molecule has 2 aromatic rings. The van der Waals surface area contributed by atoms with Crippen molar-refractivity contribution < 1.29 is 23.4 Å². The molecule has 0 fully saturated rings. The summed E-state index contributed by atoms with van der Waals surface area (Å²) in [7, 11) is 1.80. The Morgan fingerprint density at radius 1 is 1.38 bits per heavy atom. The van der Waals surface area contributed by atoms with Crippen LogP contribution in [0.1, 0.15) is 23.7 Å². The van der Waals surface area contributed by atoms with E-state index in [-0.39, 0.29) is 18.2 Å². The van der Waals surface area contributed by atoms with Crippen molar-refractivity contribution in [1.82, 2.24) is 15.1 Å². The number of amides is 1. The third kappa shape index (κ3) is 5.62. The summed E-state index contributed by atoms with van der Waals surface area (Å²) in [4.78, 5) is 11.8. The topological polar surface area (TPSA) is 76.4 Å². The normalized spacial score (nSPS) is 12.2. The van der Waals surface area contributed by atoms with Crippen LogP contribution in [0.4, 0.5) is 8.78 Å². The van der Waals surface area contributed by atoms with Crippen LogP contribution in [0.3, 0.4) is 0 Å². The minimum Gasteiger partial charge on any atom is -0.435 e. The number of alkyl halides is 2. The predicted octanol–water partition coefficient (Wildman–Crippen LogP) is 1.80. The van der Waals surface area contributed by atoms with Crippen LogP contribution in [-0.4, -0.2) is 34.0 Å². The monoisotopic (exact) mass is 339 g/mol. The fraction of sp³-hybridized carbons (Fsp3) is 0.375. The number of carbonyl (C=O) groups is 1. The summed E-state index contributed by atoms with van der Waals surface area (Å²) in [6, 6.07) is 5.64. The van der Waals surface area contributed by atoms with Crippen molar-refractivity contribution in [3.05, 3.63) is 47.8 Å². The highest BCUT2D eigenvalue weighted by Gasteiger charge is 2.11. The maximum Gasteiger partial charge on any atom is 0.387 e. The zero-order valence-corrected chi connectivity index (χ0v) is 13.2. The van der Waals surface area contributed by atoms with Gasteiger partial charge in [0.2, 0.25) is 5.91 Å². The number of aromatic nitrogens is 2. The molecule has 0 radical (unpaired) electrons. The summed E-state index contributed by atoms with van der Waals surface area (Å²) in [6.07, 6.45) is 3.47. The lowest BCUT2D eigenvalue weighted by Gasteiger charge is -2.13. The Kier molecular flexibility index (Phi) is 6.25. The van der Waals surface area contributed by atoms with Gasteiger partial charge in [-0.25, -0.2) is 0 Å². The van der Waals surface area contributed by atoms with Gasteiger partial charge in [-0.3, -0.25) is 9.48 Å². The Morgan fingerprint density at radius 2 is 2.08 bits per heavy atom. The molecule has 1 atom stereocenters. The van der Waals surface area contributed by atoms with Crippen molar-refractivity contribution in [1.29, 1.82) is 0 Å². The number of nitrogens with one attached hydrogen (secondary N) is 1. The SMILES string of the molecule is Cn1cc(CCC(=O)NC[C@H](O)c2ccc(OC(F)F)cc2)cn1. The summed E-state index contributed by atoms with van der Waals surface area (Å²) in [5, 5.41) is 16.7. The van der Waals surface area contributed by atoms with Crippen molar-refractivity contribution >= 4 is 5.91 Å². The average molecular weight is 339 g/mol. The van der Waals surface area contributed by atoms with Gasteiger partial charge in [-0.1, -0.05) is 12.1 Å². The zero-order valence-electron chi connectivity index (χ0n) is 13.2. The molecule has 0 saturated carbocycles. The number of aliphatic hydroxyl groups excluding tert-OH is 1. The van der Waals surface area contributed by atoms with Gasteiger partial charge in [0.05, 0.1) is 12.3 Å². The highest BCUT2D eigenvalue weighted by molar-refractivity contribution is 5.76. The molecule has 24 heavy (non-hydrogen) atoms. The highest BCUT2D eigenvalue weighted by atomic mass is 19.3. The van der Waals surface area contributed by atoms with Gasteiger partial charge < -0.3 is 15.2 Å². The van der Waals surface area contributed by atoms with Crippen LogP contribution >= 0.6 is 0 Å². The van der Waals surface area contributed by atoms with Crippen LogP contribution in [0.25, 0.3) is 0 Å². The van der Waals surface area contributed by atoms with Crippen LogP contribution < -0.4 is 10.1 Å². The first-order chi connectivity index (χ1) is 11.4. The maximum absolute atomic E-state index is 12.1. The molecule has 1 aromatic carbocycles. The Labute approximate surface area is 138 Å². The van der Waals surface area contributed by atoms with Crippen molar-refractivity contribution in [2.45, 2.75) is 25.6 Å². The van der Waals surface area contributed by atoms with Gasteiger partial charge in [0.25, 0.3) is 0 Å². The Morgan fingerprint density at radius 3 is 2.67 bits per heavy atom. The first-order valence-corrected chi connectivity index (χ1v) is 7.41. The second-order valence-electron chi connectivity index (χ2n) is 5.29. The molecule has 2 N–H and O–H groups in total. The molecule has 1 heterocycles. The average Bonchev–Trinajstić information content (AvgIpc) is 2.96. The number of aliphatic hydroxyl groups is 1. The summed E-state index contributed by atoms with van der Waals surface area (Å²) in [5.41, 5.74) is 1.46. The third-order valence-electron chi connectivity index (χ3n) is 3.38. The minimum absolute atomic E-state index is 0.0152. The molecular formula is C16H19F2N3O3. The van der Waals surface area contributed by atoms with Crippen LogP contribution in [0.15, 0.2) is 36.7 Å². The van der Waals surface area contributed by atoms with Crippen molar-refractivity contribution in [2.75, 3.05) is 6.54 Å². The molecule has 0 unspecified atom stereocenters. The second kappa shape index (κ2) is 8.39. The van der Waals surface area contributed by atoms with E-state index in [0.717, 1.165) is 5.56 Å². The fourth-order valence-corrected chi connectivity index (χ4v) is 2.15. The molecule has 1 aromatic heterocycles. The summed E-state index contributed by atoms with van der Waals surface area (Å²) < 4.78 is 30.0. The number of rotatable bonds is 8. The van der Waals surface area contributed by atoms with E-state index < -0.39 is 12.7 Å². The van der Waals surface area contributed by atoms with Gasteiger partial charge >= 0.3 is 6.61 Å². The molecule has 0 aliphatic carbocycles. The first-order valence-electron chi connectivity index (χ1n) is 7.41. The Hall–Kier alpha value is -2.48. The van der Waals surface area contributed by atoms with Gasteiger partial charge in [0.1, 0.15) is 5.75 Å². The lowest BCUT2D eigenvalue weighted by molar-refractivity contribution is -0.121. The molecule has 0 saturated heterocycles.